The van der Waals surface area contributed by atoms with Crippen LogP contribution in [-0.4, -0.2) is 23.1 Å². The molecular formula is CH4Cl2Mg. The molecule has 0 aliphatic heterocycles. The summed E-state index contributed by atoms with van der Waals surface area (Å²) >= 11 is 0. The molecule has 0 aliphatic rings. The van der Waals surface area contributed by atoms with Crippen LogP contribution in [0.1, 0.15) is 7.43 Å². The third-order valence-corrected chi connectivity index (χ3v) is 0. The van der Waals surface area contributed by atoms with E-state index in [1.165, 1.54) is 0 Å². The molecule has 0 radical (unpaired) electrons. The van der Waals surface area contributed by atoms with E-state index < -0.39 is 0 Å². The van der Waals surface area contributed by atoms with Gasteiger partial charge in [-0.3, -0.25) is 0 Å². The van der Waals surface area contributed by atoms with Crippen molar-refractivity contribution in [3.63, 3.8) is 0 Å². The van der Waals surface area contributed by atoms with Gasteiger partial charge < -0.3 is 24.8 Å². The second-order valence-corrected chi connectivity index (χ2v) is 0. The molecule has 0 rings (SSSR count). The first kappa shape index (κ1) is 55.7. The molecule has 0 aromatic heterocycles. The maximum absolute atomic E-state index is 0. The number of rotatable bonds is 0. The van der Waals surface area contributed by atoms with E-state index in [1.54, 1.807) is 0 Å². The molecule has 0 bridgehead atoms. The molecule has 0 amide bonds. The van der Waals surface area contributed by atoms with E-state index in [4.69, 9.17) is 0 Å². The largest absolute Gasteiger partial charge is 2.00 e. The van der Waals surface area contributed by atoms with Crippen LogP contribution in [0.25, 0.3) is 0 Å². The van der Waals surface area contributed by atoms with Crippen molar-refractivity contribution >= 4 is 23.1 Å². The minimum atomic E-state index is 0. The second kappa shape index (κ2) is 26.9. The van der Waals surface area contributed by atoms with Gasteiger partial charge in [-0.1, -0.05) is 7.43 Å². The predicted octanol–water partition coefficient (Wildman–Crippen LogP) is -5.74. The van der Waals surface area contributed by atoms with Crippen LogP contribution in [0.3, 0.4) is 0 Å². The molecule has 0 nitrogen and oxygen atoms in total. The van der Waals surface area contributed by atoms with Crippen molar-refractivity contribution in [3.05, 3.63) is 0 Å². The van der Waals surface area contributed by atoms with Gasteiger partial charge in [-0.15, -0.1) is 0 Å². The average molecular weight is 111 g/mol. The van der Waals surface area contributed by atoms with Gasteiger partial charge >= 0.3 is 23.1 Å². The molecule has 0 aromatic rings. The Hall–Kier alpha value is 1.35. The van der Waals surface area contributed by atoms with Gasteiger partial charge in [0.15, 0.2) is 0 Å². The van der Waals surface area contributed by atoms with E-state index in [1.807, 2.05) is 0 Å². The minimum Gasteiger partial charge on any atom is -1.00 e. The maximum atomic E-state index is 0. The zero-order valence-electron chi connectivity index (χ0n) is 1.46. The summed E-state index contributed by atoms with van der Waals surface area (Å²) in [5.74, 6) is 0. The Labute approximate surface area is 55.3 Å². The molecule has 0 fully saturated rings. The molecule has 0 unspecified atom stereocenters. The first-order chi connectivity index (χ1) is 0. The van der Waals surface area contributed by atoms with Gasteiger partial charge in [-0.2, -0.15) is 0 Å². The molecule has 24 valence electrons. The van der Waals surface area contributed by atoms with E-state index in [-0.39, 0.29) is 55.3 Å². The Morgan fingerprint density at radius 2 is 0.750 bits per heavy atom. The molecule has 3 heteroatoms. The molecule has 0 N–H and O–H groups in total. The first-order valence-electron chi connectivity index (χ1n) is 0. The van der Waals surface area contributed by atoms with Crippen LogP contribution in [-0.2, 0) is 0 Å². The van der Waals surface area contributed by atoms with Gasteiger partial charge in [0.2, 0.25) is 0 Å². The fraction of sp³-hybridized carbons (Fsp3) is 1.00. The van der Waals surface area contributed by atoms with Gasteiger partial charge in [-0.25, -0.2) is 0 Å². The van der Waals surface area contributed by atoms with Gasteiger partial charge in [0, 0.05) is 0 Å². The zero-order valence-corrected chi connectivity index (χ0v) is 4.39. The van der Waals surface area contributed by atoms with Crippen molar-refractivity contribution in [2.75, 3.05) is 0 Å². The Bertz CT molecular complexity index is 6.00. The van der Waals surface area contributed by atoms with Gasteiger partial charge in [0.1, 0.15) is 0 Å². The summed E-state index contributed by atoms with van der Waals surface area (Å²) in [5.41, 5.74) is 0. The summed E-state index contributed by atoms with van der Waals surface area (Å²) in [4.78, 5) is 0. The van der Waals surface area contributed by atoms with Crippen molar-refractivity contribution in [3.8, 4) is 0 Å². The van der Waals surface area contributed by atoms with Crippen molar-refractivity contribution in [2.45, 2.75) is 7.43 Å². The molecule has 0 aromatic carbocycles. The minimum absolute atomic E-state index is 0. The predicted molar refractivity (Wildman–Crippen MR) is 12.5 cm³/mol. The summed E-state index contributed by atoms with van der Waals surface area (Å²) in [6.45, 7) is 0. The molecule has 0 saturated carbocycles. The zero-order chi connectivity index (χ0) is 0. The quantitative estimate of drug-likeness (QED) is 0.273. The smallest absolute Gasteiger partial charge is 1.00 e. The molecular weight excluding hydrogens is 107 g/mol. The SMILES string of the molecule is C.[Cl-].[Cl-].[Mg+2]. The Balaban J connectivity index is 0. The molecule has 0 aliphatic carbocycles. The Kier molecular flexibility index (Phi) is 374. The molecule has 0 saturated heterocycles. The van der Waals surface area contributed by atoms with E-state index in [9.17, 15) is 0 Å². The van der Waals surface area contributed by atoms with Crippen LogP contribution in [0, 0.1) is 0 Å². The normalized spacial score (nSPS) is 0. The molecule has 0 spiro atoms. The summed E-state index contributed by atoms with van der Waals surface area (Å²) in [5, 5.41) is 0. The topological polar surface area (TPSA) is 0 Å². The fourth-order valence-electron chi connectivity index (χ4n) is 0. The number of hydrogen-bond donors (Lipinski definition) is 0. The van der Waals surface area contributed by atoms with E-state index in [2.05, 4.69) is 0 Å². The number of halogens is 2. The average Bonchev–Trinajstić information content (AvgIpc) is 0. The first-order valence-corrected chi connectivity index (χ1v) is 0. The van der Waals surface area contributed by atoms with E-state index in [0.29, 0.717) is 0 Å². The van der Waals surface area contributed by atoms with Crippen LogP contribution in [0.15, 0.2) is 0 Å². The van der Waals surface area contributed by atoms with Crippen LogP contribution >= 0.6 is 0 Å². The van der Waals surface area contributed by atoms with Crippen molar-refractivity contribution in [1.82, 2.24) is 0 Å². The summed E-state index contributed by atoms with van der Waals surface area (Å²) < 4.78 is 0. The van der Waals surface area contributed by atoms with Gasteiger partial charge in [-0.05, 0) is 0 Å². The fourth-order valence-corrected chi connectivity index (χ4v) is 0. The van der Waals surface area contributed by atoms with Crippen molar-refractivity contribution < 1.29 is 24.8 Å². The monoisotopic (exact) mass is 110 g/mol. The maximum Gasteiger partial charge on any atom is 2.00 e. The van der Waals surface area contributed by atoms with E-state index >= 15 is 0 Å². The van der Waals surface area contributed by atoms with Gasteiger partial charge in [0.25, 0.3) is 0 Å². The van der Waals surface area contributed by atoms with Crippen molar-refractivity contribution in [1.29, 1.82) is 0 Å². The third-order valence-electron chi connectivity index (χ3n) is 0. The van der Waals surface area contributed by atoms with Crippen LogP contribution in [0.5, 0.6) is 0 Å². The van der Waals surface area contributed by atoms with Crippen LogP contribution in [0.2, 0.25) is 0 Å². The molecule has 0 heterocycles. The third kappa shape index (κ3) is 10.2. The Morgan fingerprint density at radius 1 is 0.750 bits per heavy atom. The van der Waals surface area contributed by atoms with Crippen molar-refractivity contribution in [2.24, 2.45) is 0 Å². The summed E-state index contributed by atoms with van der Waals surface area (Å²) in [6, 6.07) is 0. The summed E-state index contributed by atoms with van der Waals surface area (Å²) in [7, 11) is 0. The Morgan fingerprint density at radius 3 is 0.750 bits per heavy atom. The number of hydrogen-bond acceptors (Lipinski definition) is 0. The molecule has 4 heavy (non-hydrogen) atoms. The standard InChI is InChI=1S/CH4.2ClH.Mg/h1H4;2*1H;/q;;;+2/p-2. The summed E-state index contributed by atoms with van der Waals surface area (Å²) in [6.07, 6.45) is 0. The van der Waals surface area contributed by atoms with Crippen LogP contribution in [0.4, 0.5) is 0 Å². The second-order valence-electron chi connectivity index (χ2n) is 0. The van der Waals surface area contributed by atoms with E-state index in [0.717, 1.165) is 0 Å². The molecule has 0 atom stereocenters. The van der Waals surface area contributed by atoms with Gasteiger partial charge in [0.05, 0.1) is 0 Å². The van der Waals surface area contributed by atoms with Crippen LogP contribution < -0.4 is 24.8 Å².